The Morgan fingerprint density at radius 2 is 2.08 bits per heavy atom. The van der Waals surface area contributed by atoms with Gasteiger partial charge in [-0.15, -0.1) is 0 Å². The molecule has 0 radical (unpaired) electrons. The van der Waals surface area contributed by atoms with Crippen molar-refractivity contribution in [3.8, 4) is 0 Å². The third-order valence-electron chi connectivity index (χ3n) is 1.56. The minimum atomic E-state index is 0.0817. The predicted octanol–water partition coefficient (Wildman–Crippen LogP) is 2.34. The van der Waals surface area contributed by atoms with Crippen LogP contribution in [0.3, 0.4) is 0 Å². The molecule has 0 unspecified atom stereocenters. The van der Waals surface area contributed by atoms with Gasteiger partial charge in [0, 0.05) is 0 Å². The lowest BCUT2D eigenvalue weighted by Gasteiger charge is -1.94. The SMILES string of the molecule is C=Cc1cccc(C=CCO)c1. The molecule has 0 aliphatic heterocycles. The Kier molecular flexibility index (Phi) is 3.30. The van der Waals surface area contributed by atoms with E-state index in [0.29, 0.717) is 0 Å². The summed E-state index contributed by atoms with van der Waals surface area (Å²) in [5, 5.41) is 8.55. The lowest BCUT2D eigenvalue weighted by Crippen LogP contribution is -1.76. The van der Waals surface area contributed by atoms with E-state index in [-0.39, 0.29) is 6.61 Å². The smallest absolute Gasteiger partial charge is 0.0615 e. The first-order valence-corrected chi connectivity index (χ1v) is 3.86. The largest absolute Gasteiger partial charge is 0.392 e. The topological polar surface area (TPSA) is 20.2 Å². The van der Waals surface area contributed by atoms with Crippen LogP contribution in [0.1, 0.15) is 11.1 Å². The van der Waals surface area contributed by atoms with E-state index in [0.717, 1.165) is 11.1 Å². The molecule has 1 N–H and O–H groups in total. The van der Waals surface area contributed by atoms with E-state index < -0.39 is 0 Å². The van der Waals surface area contributed by atoms with Crippen LogP contribution >= 0.6 is 0 Å². The van der Waals surface area contributed by atoms with E-state index in [4.69, 9.17) is 5.11 Å². The first-order chi connectivity index (χ1) is 5.86. The maximum Gasteiger partial charge on any atom is 0.0615 e. The predicted molar refractivity (Wildman–Crippen MR) is 52.7 cm³/mol. The molecule has 1 aromatic rings. The monoisotopic (exact) mass is 160 g/mol. The van der Waals surface area contributed by atoms with Gasteiger partial charge in [0.15, 0.2) is 0 Å². The second kappa shape index (κ2) is 4.52. The van der Waals surface area contributed by atoms with Gasteiger partial charge >= 0.3 is 0 Å². The zero-order valence-corrected chi connectivity index (χ0v) is 6.90. The van der Waals surface area contributed by atoms with Gasteiger partial charge in [0.2, 0.25) is 0 Å². The zero-order valence-electron chi connectivity index (χ0n) is 6.90. The van der Waals surface area contributed by atoms with Crippen molar-refractivity contribution in [1.29, 1.82) is 0 Å². The molecule has 0 aromatic heterocycles. The quantitative estimate of drug-likeness (QED) is 0.719. The molecule has 1 aromatic carbocycles. The molecule has 0 aliphatic carbocycles. The van der Waals surface area contributed by atoms with E-state index in [1.165, 1.54) is 0 Å². The fourth-order valence-corrected chi connectivity index (χ4v) is 0.978. The molecule has 1 nitrogen and oxygen atoms in total. The van der Waals surface area contributed by atoms with Crippen LogP contribution < -0.4 is 0 Å². The highest BCUT2D eigenvalue weighted by Gasteiger charge is 1.87. The first-order valence-electron chi connectivity index (χ1n) is 3.86. The fourth-order valence-electron chi connectivity index (χ4n) is 0.978. The lowest BCUT2D eigenvalue weighted by atomic mass is 10.1. The van der Waals surface area contributed by atoms with Gasteiger partial charge in [0.25, 0.3) is 0 Å². The van der Waals surface area contributed by atoms with Crippen LogP contribution in [-0.4, -0.2) is 11.7 Å². The third-order valence-corrected chi connectivity index (χ3v) is 1.56. The van der Waals surface area contributed by atoms with Crippen molar-refractivity contribution >= 4 is 12.2 Å². The molecule has 12 heavy (non-hydrogen) atoms. The van der Waals surface area contributed by atoms with E-state index in [1.54, 1.807) is 12.2 Å². The van der Waals surface area contributed by atoms with Gasteiger partial charge in [-0.2, -0.15) is 0 Å². The van der Waals surface area contributed by atoms with Crippen LogP contribution in [0.2, 0.25) is 0 Å². The highest BCUT2D eigenvalue weighted by atomic mass is 16.2. The molecule has 1 heteroatoms. The Balaban J connectivity index is 2.86. The second-order valence-corrected chi connectivity index (χ2v) is 2.46. The highest BCUT2D eigenvalue weighted by molar-refractivity contribution is 5.56. The Morgan fingerprint density at radius 3 is 2.75 bits per heavy atom. The normalized spacial score (nSPS) is 10.4. The molecule has 0 saturated carbocycles. The molecular formula is C11H12O. The number of hydrogen-bond donors (Lipinski definition) is 1. The summed E-state index contributed by atoms with van der Waals surface area (Å²) >= 11 is 0. The minimum absolute atomic E-state index is 0.0817. The summed E-state index contributed by atoms with van der Waals surface area (Å²) in [6.07, 6.45) is 5.39. The van der Waals surface area contributed by atoms with E-state index >= 15 is 0 Å². The van der Waals surface area contributed by atoms with Crippen LogP contribution in [0.15, 0.2) is 36.9 Å². The summed E-state index contributed by atoms with van der Waals surface area (Å²) in [5.74, 6) is 0. The standard InChI is InChI=1S/C11H12O/c1-2-10-5-3-6-11(9-10)7-4-8-12/h2-7,9,12H,1,8H2. The molecule has 0 amide bonds. The average molecular weight is 160 g/mol. The van der Waals surface area contributed by atoms with Gasteiger partial charge in [0.1, 0.15) is 0 Å². The average Bonchev–Trinajstić information content (AvgIpc) is 2.15. The molecular weight excluding hydrogens is 148 g/mol. The van der Waals surface area contributed by atoms with Crippen molar-refractivity contribution in [3.63, 3.8) is 0 Å². The molecule has 0 atom stereocenters. The van der Waals surface area contributed by atoms with E-state index in [2.05, 4.69) is 6.58 Å². The molecule has 0 fully saturated rings. The van der Waals surface area contributed by atoms with Gasteiger partial charge in [-0.1, -0.05) is 43.0 Å². The molecule has 0 spiro atoms. The molecule has 0 bridgehead atoms. The van der Waals surface area contributed by atoms with Crippen molar-refractivity contribution in [1.82, 2.24) is 0 Å². The summed E-state index contributed by atoms with van der Waals surface area (Å²) < 4.78 is 0. The van der Waals surface area contributed by atoms with Gasteiger partial charge in [0.05, 0.1) is 6.61 Å². The van der Waals surface area contributed by atoms with E-state index in [9.17, 15) is 0 Å². The van der Waals surface area contributed by atoms with Gasteiger partial charge < -0.3 is 5.11 Å². The van der Waals surface area contributed by atoms with Gasteiger partial charge in [-0.3, -0.25) is 0 Å². The summed E-state index contributed by atoms with van der Waals surface area (Å²) in [4.78, 5) is 0. The second-order valence-electron chi connectivity index (χ2n) is 2.46. The van der Waals surface area contributed by atoms with Crippen LogP contribution in [0.5, 0.6) is 0 Å². The van der Waals surface area contributed by atoms with Gasteiger partial charge in [-0.25, -0.2) is 0 Å². The van der Waals surface area contributed by atoms with E-state index in [1.807, 2.05) is 30.3 Å². The van der Waals surface area contributed by atoms with Crippen molar-refractivity contribution in [2.75, 3.05) is 6.61 Å². The minimum Gasteiger partial charge on any atom is -0.392 e. The number of hydrogen-bond acceptors (Lipinski definition) is 1. The van der Waals surface area contributed by atoms with Crippen molar-refractivity contribution in [3.05, 3.63) is 48.0 Å². The number of aliphatic hydroxyl groups excluding tert-OH is 1. The summed E-state index contributed by atoms with van der Waals surface area (Å²) in [6.45, 7) is 3.76. The lowest BCUT2D eigenvalue weighted by molar-refractivity contribution is 0.343. The Labute approximate surface area is 72.7 Å². The van der Waals surface area contributed by atoms with Crippen LogP contribution in [-0.2, 0) is 0 Å². The molecule has 62 valence electrons. The van der Waals surface area contributed by atoms with Crippen molar-refractivity contribution < 1.29 is 5.11 Å². The maximum absolute atomic E-state index is 8.55. The maximum atomic E-state index is 8.55. The summed E-state index contributed by atoms with van der Waals surface area (Å²) in [6, 6.07) is 7.95. The zero-order chi connectivity index (χ0) is 8.81. The van der Waals surface area contributed by atoms with Gasteiger partial charge in [-0.05, 0) is 17.2 Å². The number of benzene rings is 1. The van der Waals surface area contributed by atoms with Crippen molar-refractivity contribution in [2.24, 2.45) is 0 Å². The Bertz CT molecular complexity index is 287. The van der Waals surface area contributed by atoms with Crippen LogP contribution in [0, 0.1) is 0 Å². The highest BCUT2D eigenvalue weighted by Crippen LogP contribution is 2.07. The first kappa shape index (κ1) is 8.75. The summed E-state index contributed by atoms with van der Waals surface area (Å²) in [7, 11) is 0. The van der Waals surface area contributed by atoms with Crippen molar-refractivity contribution in [2.45, 2.75) is 0 Å². The van der Waals surface area contributed by atoms with Crippen LogP contribution in [0.4, 0.5) is 0 Å². The molecule has 1 rings (SSSR count). The third kappa shape index (κ3) is 2.36. The Morgan fingerprint density at radius 1 is 1.33 bits per heavy atom. The molecule has 0 saturated heterocycles. The Hall–Kier alpha value is -1.34. The molecule has 0 heterocycles. The fraction of sp³-hybridized carbons (Fsp3) is 0.0909. The molecule has 0 aliphatic rings. The number of aliphatic hydroxyl groups is 1. The summed E-state index contributed by atoms with van der Waals surface area (Å²) in [5.41, 5.74) is 2.18. The number of rotatable bonds is 3. The van der Waals surface area contributed by atoms with Crippen LogP contribution in [0.25, 0.3) is 12.2 Å².